The minimum Gasteiger partial charge on any atom is -0.507 e. The second-order valence-electron chi connectivity index (χ2n) is 18.8. The van der Waals surface area contributed by atoms with E-state index in [2.05, 4.69) is 67.6 Å². The van der Waals surface area contributed by atoms with Gasteiger partial charge in [0.25, 0.3) is 0 Å². The molecule has 8 aromatic rings. The molecule has 0 radical (unpaired) electrons. The number of benzene rings is 6. The minimum absolute atomic E-state index is 0.0365. The van der Waals surface area contributed by atoms with E-state index in [0.717, 1.165) is 45.5 Å². The van der Waals surface area contributed by atoms with Gasteiger partial charge in [0.05, 0.1) is 37.6 Å². The van der Waals surface area contributed by atoms with Gasteiger partial charge in [-0.2, -0.15) is 0 Å². The molecule has 326 valence electrons. The normalized spacial score (nSPS) is 16.5. The number of hydrogen-bond acceptors (Lipinski definition) is 3. The van der Waals surface area contributed by atoms with Crippen LogP contribution in [0.5, 0.6) is 5.75 Å². The molecule has 8 rings (SSSR count). The zero-order valence-electron chi connectivity index (χ0n) is 54.0. The van der Waals surface area contributed by atoms with Gasteiger partial charge in [0.2, 0.25) is 0 Å². The molecule has 0 fully saturated rings. The average Bonchev–Trinajstić information content (AvgIpc) is 2.87. The summed E-state index contributed by atoms with van der Waals surface area (Å²) in [6.45, 7) is 6.85. The van der Waals surface area contributed by atoms with E-state index in [1.807, 2.05) is 89.2 Å². The Bertz CT molecular complexity index is 3650. The zero-order chi connectivity index (χ0) is 59.3. The second-order valence-corrected chi connectivity index (χ2v) is 18.8. The molecule has 1 N–H and O–H groups in total. The average molecular weight is 860 g/mol. The Balaban J connectivity index is 1.45. The molecule has 0 atom stereocenters. The fourth-order valence-corrected chi connectivity index (χ4v) is 8.16. The van der Waals surface area contributed by atoms with Crippen molar-refractivity contribution in [2.75, 3.05) is 0 Å². The molecule has 0 amide bonds. The molecule has 2 heterocycles. The Morgan fingerprint density at radius 2 is 1.38 bits per heavy atom. The van der Waals surface area contributed by atoms with Gasteiger partial charge in [-0.05, 0) is 134 Å². The number of nitrogens with zero attached hydrogens (tertiary/aromatic N) is 3. The van der Waals surface area contributed by atoms with E-state index < -0.39 is 90.5 Å². The summed E-state index contributed by atoms with van der Waals surface area (Å²) < 4.78 is 141. The van der Waals surface area contributed by atoms with Crippen molar-refractivity contribution in [1.29, 1.82) is 0 Å². The summed E-state index contributed by atoms with van der Waals surface area (Å²) in [6.07, 6.45) is 0.121. The van der Waals surface area contributed by atoms with Crippen molar-refractivity contribution in [2.24, 2.45) is 5.92 Å². The van der Waals surface area contributed by atoms with Crippen LogP contribution in [-0.4, -0.2) is 19.6 Å². The third-order valence-corrected chi connectivity index (χ3v) is 11.6. The van der Waals surface area contributed by atoms with Crippen LogP contribution in [0.15, 0.2) is 139 Å². The number of rotatable bonds is 10. The molecule has 0 bridgehead atoms. The lowest BCUT2D eigenvalue weighted by atomic mass is 9.83. The molecule has 0 aliphatic heterocycles. The number of hydrogen-bond donors (Lipinski definition) is 1. The van der Waals surface area contributed by atoms with Gasteiger partial charge in [0.1, 0.15) is 11.6 Å². The fourth-order valence-electron chi connectivity index (χ4n) is 8.16. The van der Waals surface area contributed by atoms with E-state index in [-0.39, 0.29) is 28.8 Å². The topological polar surface area (TPSA) is 50.9 Å². The number of imidazole rings is 1. The highest BCUT2D eigenvalue weighted by atomic mass is 16.3. The van der Waals surface area contributed by atoms with E-state index >= 15 is 0 Å². The van der Waals surface area contributed by atoms with Crippen LogP contribution in [0.4, 0.5) is 0 Å². The molecule has 0 unspecified atom stereocenters. The van der Waals surface area contributed by atoms with Crippen LogP contribution in [-0.2, 0) is 17.3 Å². The number of aromatic nitrogens is 3. The largest absolute Gasteiger partial charge is 0.507 e. The SMILES string of the molecule is [2H]c1nc(-c2cc(-c3cccc4c3nc(-c3cc(C(C)C)cc(C(C)C)c3O)n4-c3ccc(CC(C)C)cc3-c3ccccc3)cc(C(C)(C)C)c2)c([2H])c(-c2c([2H])c([2H])c(C(C([2H])([2H])[2H])(C([2H])([2H])[2H])C([2H])([2H])[2H])c([2H])c2[2H])c1[2H]. The van der Waals surface area contributed by atoms with Gasteiger partial charge in [0, 0.05) is 35.2 Å². The lowest BCUT2D eigenvalue weighted by Crippen LogP contribution is -2.11. The van der Waals surface area contributed by atoms with E-state index in [1.54, 1.807) is 12.1 Å². The molecule has 4 heteroatoms. The van der Waals surface area contributed by atoms with Crippen molar-refractivity contribution >= 4 is 11.0 Å². The van der Waals surface area contributed by atoms with E-state index in [9.17, 15) is 9.22 Å². The monoisotopic (exact) mass is 860 g/mol. The number of aromatic hydroxyl groups is 1. The van der Waals surface area contributed by atoms with Crippen molar-refractivity contribution in [1.82, 2.24) is 14.5 Å². The Hall–Kier alpha value is -6.26. The standard InChI is InChI=1S/C60H65N3O/c1-37(2)29-40-21-26-54(51(30-40)42-17-14-13-15-18-42)63-55-20-16-19-49(56(55)62-58(63)52-35-44(38(3)4)34-50(39(5)6)57(52)64)45-31-46(33-48(32-45)60(10,11)12)53-36-43(27-28-61-53)41-22-24-47(25-23-41)59(7,8)9/h13-28,30-39,64H,29H2,1-12H3/i7D3,8D3,9D3,22D,23D,24D,25D,27D,28D,36D. The highest BCUT2D eigenvalue weighted by Gasteiger charge is 2.26. The molecule has 0 saturated carbocycles. The molecule has 4 nitrogen and oxygen atoms in total. The number of pyridine rings is 1. The third-order valence-electron chi connectivity index (χ3n) is 11.6. The third kappa shape index (κ3) is 8.93. The maximum absolute atomic E-state index is 12.4. The molecule has 0 saturated heterocycles. The van der Waals surface area contributed by atoms with Gasteiger partial charge >= 0.3 is 0 Å². The number of phenolic OH excluding ortho intramolecular Hbond substituents is 1. The van der Waals surface area contributed by atoms with Gasteiger partial charge < -0.3 is 5.11 Å². The molecule has 0 aliphatic carbocycles. The molecular weight excluding hydrogens is 779 g/mol. The number of para-hydroxylation sites is 1. The first-order chi connectivity index (χ1) is 37.0. The molecule has 64 heavy (non-hydrogen) atoms. The van der Waals surface area contributed by atoms with Gasteiger partial charge in [0.15, 0.2) is 0 Å². The van der Waals surface area contributed by atoms with Crippen molar-refractivity contribution in [3.8, 4) is 67.5 Å². The number of phenols is 1. The molecule has 2 aromatic heterocycles. The van der Waals surface area contributed by atoms with Crippen LogP contribution in [0.1, 0.15) is 144 Å². The molecule has 0 aliphatic rings. The summed E-state index contributed by atoms with van der Waals surface area (Å²) in [4.78, 5) is 9.94. The minimum atomic E-state index is -3.92. The van der Waals surface area contributed by atoms with Crippen molar-refractivity contribution in [3.05, 3.63) is 167 Å². The molecule has 6 aromatic carbocycles. The fraction of sp³-hybridized carbons (Fsp3) is 0.300. The van der Waals surface area contributed by atoms with Crippen LogP contribution in [0.25, 0.3) is 72.7 Å². The highest BCUT2D eigenvalue weighted by Crippen LogP contribution is 2.44. The van der Waals surface area contributed by atoms with Gasteiger partial charge in [-0.1, -0.05) is 168 Å². The van der Waals surface area contributed by atoms with Crippen molar-refractivity contribution in [3.63, 3.8) is 0 Å². The Kier molecular flexibility index (Phi) is 7.74. The van der Waals surface area contributed by atoms with Crippen LogP contribution < -0.4 is 0 Å². The van der Waals surface area contributed by atoms with Crippen LogP contribution in [0, 0.1) is 5.92 Å². The maximum atomic E-state index is 12.4. The first-order valence-electron chi connectivity index (χ1n) is 29.9. The van der Waals surface area contributed by atoms with E-state index in [0.29, 0.717) is 39.5 Å². The maximum Gasteiger partial charge on any atom is 0.149 e. The first-order valence-corrected chi connectivity index (χ1v) is 21.9. The Morgan fingerprint density at radius 1 is 0.641 bits per heavy atom. The Morgan fingerprint density at radius 3 is 2.05 bits per heavy atom. The van der Waals surface area contributed by atoms with Gasteiger partial charge in [-0.15, -0.1) is 0 Å². The van der Waals surface area contributed by atoms with E-state index in [4.69, 9.17) is 22.8 Å². The van der Waals surface area contributed by atoms with Crippen LogP contribution in [0.3, 0.4) is 0 Å². The van der Waals surface area contributed by atoms with Crippen molar-refractivity contribution < 1.29 is 27.0 Å². The van der Waals surface area contributed by atoms with Gasteiger partial charge in [-0.3, -0.25) is 9.55 Å². The summed E-state index contributed by atoms with van der Waals surface area (Å²) in [6, 6.07) is 25.7. The summed E-state index contributed by atoms with van der Waals surface area (Å²) in [7, 11) is 0. The second kappa shape index (κ2) is 17.4. The summed E-state index contributed by atoms with van der Waals surface area (Å²) >= 11 is 0. The van der Waals surface area contributed by atoms with Crippen LogP contribution in [0.2, 0.25) is 0 Å². The highest BCUT2D eigenvalue weighted by molar-refractivity contribution is 5.98. The number of fused-ring (bicyclic) bond motifs is 1. The quantitative estimate of drug-likeness (QED) is 0.149. The summed E-state index contributed by atoms with van der Waals surface area (Å²) in [5, 5.41) is 12.4. The van der Waals surface area contributed by atoms with Gasteiger partial charge in [-0.25, -0.2) is 4.98 Å². The van der Waals surface area contributed by atoms with Crippen molar-refractivity contribution in [2.45, 2.75) is 112 Å². The molecular formula is C60H65N3O. The lowest BCUT2D eigenvalue weighted by Gasteiger charge is -2.22. The predicted octanol–water partition coefficient (Wildman–Crippen LogP) is 16.5. The smallest absolute Gasteiger partial charge is 0.149 e. The molecule has 0 spiro atoms. The van der Waals surface area contributed by atoms with Crippen LogP contribution >= 0.6 is 0 Å². The summed E-state index contributed by atoms with van der Waals surface area (Å²) in [5.74, 6) is 1.04. The predicted molar refractivity (Wildman–Crippen MR) is 272 cm³/mol. The Labute approximate surface area is 404 Å². The summed E-state index contributed by atoms with van der Waals surface area (Å²) in [5.41, 5.74) is 2.31. The zero-order valence-corrected chi connectivity index (χ0v) is 38.0. The lowest BCUT2D eigenvalue weighted by molar-refractivity contribution is 0.466. The first kappa shape index (κ1) is 28.5. The van der Waals surface area contributed by atoms with E-state index in [1.165, 1.54) is 0 Å².